The summed E-state index contributed by atoms with van der Waals surface area (Å²) < 4.78 is 0. The van der Waals surface area contributed by atoms with Gasteiger partial charge in [0.25, 0.3) is 0 Å². The summed E-state index contributed by atoms with van der Waals surface area (Å²) in [5.41, 5.74) is 1.88. The summed E-state index contributed by atoms with van der Waals surface area (Å²) in [6, 6.07) is -0.221. The Morgan fingerprint density at radius 3 is 2.65 bits per heavy atom. The lowest BCUT2D eigenvalue weighted by Gasteiger charge is -2.14. The molecule has 2 heterocycles. The normalized spacial score (nSPS) is 12.2. The maximum absolute atomic E-state index is 11.9. The van der Waals surface area contributed by atoms with E-state index in [4.69, 9.17) is 0 Å². The Bertz CT molecular complexity index is 578. The molecule has 2 aromatic rings. The van der Waals surface area contributed by atoms with Crippen LogP contribution in [0.3, 0.4) is 0 Å². The fourth-order valence-electron chi connectivity index (χ4n) is 1.74. The molecule has 0 aliphatic rings. The molecule has 2 N–H and O–H groups in total. The number of aryl methyl sites for hydroxylation is 2. The maximum atomic E-state index is 11.9. The number of carbonyl (C=O) groups excluding carboxylic acids is 1. The van der Waals surface area contributed by atoms with Crippen LogP contribution in [0.25, 0.3) is 0 Å². The number of nitrogens with zero attached hydrogens (tertiary/aromatic N) is 2. The maximum Gasteiger partial charge on any atom is 0.315 e. The van der Waals surface area contributed by atoms with Crippen molar-refractivity contribution in [3.8, 4) is 0 Å². The first-order valence-electron chi connectivity index (χ1n) is 6.46. The van der Waals surface area contributed by atoms with E-state index in [1.807, 2.05) is 31.5 Å². The molecule has 1 atom stereocenters. The highest BCUT2D eigenvalue weighted by Gasteiger charge is 2.15. The van der Waals surface area contributed by atoms with Gasteiger partial charge in [-0.25, -0.2) is 14.8 Å². The van der Waals surface area contributed by atoms with Crippen LogP contribution in [0.1, 0.15) is 40.8 Å². The summed E-state index contributed by atoms with van der Waals surface area (Å²) >= 11 is 3.16. The van der Waals surface area contributed by atoms with Crippen molar-refractivity contribution < 1.29 is 4.79 Å². The Hall–Kier alpha value is -1.47. The van der Waals surface area contributed by atoms with Crippen LogP contribution >= 0.6 is 22.7 Å². The third kappa shape index (κ3) is 4.01. The van der Waals surface area contributed by atoms with E-state index in [9.17, 15) is 4.79 Å². The van der Waals surface area contributed by atoms with E-state index in [1.165, 1.54) is 0 Å². The molecule has 0 radical (unpaired) electrons. The van der Waals surface area contributed by atoms with Crippen LogP contribution in [-0.4, -0.2) is 16.0 Å². The Labute approximate surface area is 126 Å². The second-order valence-corrected chi connectivity index (χ2v) is 6.42. The number of hydrogen-bond acceptors (Lipinski definition) is 5. The van der Waals surface area contributed by atoms with Crippen LogP contribution < -0.4 is 10.6 Å². The van der Waals surface area contributed by atoms with Gasteiger partial charge in [0.1, 0.15) is 5.01 Å². The van der Waals surface area contributed by atoms with Gasteiger partial charge in [0.05, 0.1) is 23.3 Å². The predicted octanol–water partition coefficient (Wildman–Crippen LogP) is 3.17. The van der Waals surface area contributed by atoms with Crippen molar-refractivity contribution in [2.24, 2.45) is 0 Å². The van der Waals surface area contributed by atoms with Crippen LogP contribution in [0.2, 0.25) is 0 Å². The van der Waals surface area contributed by atoms with Gasteiger partial charge < -0.3 is 10.6 Å². The molecule has 0 fully saturated rings. The zero-order valence-electron chi connectivity index (χ0n) is 11.8. The van der Waals surface area contributed by atoms with Crippen molar-refractivity contribution in [2.45, 2.75) is 39.8 Å². The number of rotatable bonds is 5. The lowest BCUT2D eigenvalue weighted by atomic mass is 10.2. The van der Waals surface area contributed by atoms with Gasteiger partial charge in [-0.3, -0.25) is 0 Å². The Morgan fingerprint density at radius 1 is 1.30 bits per heavy atom. The topological polar surface area (TPSA) is 66.9 Å². The molecule has 108 valence electrons. The molecule has 0 aliphatic carbocycles. The number of thiazole rings is 2. The second kappa shape index (κ2) is 6.81. The smallest absolute Gasteiger partial charge is 0.315 e. The second-order valence-electron chi connectivity index (χ2n) is 4.47. The third-order valence-electron chi connectivity index (χ3n) is 2.75. The van der Waals surface area contributed by atoms with E-state index in [0.717, 1.165) is 27.8 Å². The van der Waals surface area contributed by atoms with Crippen molar-refractivity contribution >= 4 is 28.7 Å². The zero-order valence-corrected chi connectivity index (χ0v) is 13.4. The minimum Gasteiger partial charge on any atom is -0.332 e. The highest BCUT2D eigenvalue weighted by molar-refractivity contribution is 7.09. The van der Waals surface area contributed by atoms with Crippen molar-refractivity contribution in [3.05, 3.63) is 32.2 Å². The molecule has 0 spiro atoms. The summed E-state index contributed by atoms with van der Waals surface area (Å²) in [5, 5.41) is 11.7. The molecule has 2 aromatic heterocycles. The van der Waals surface area contributed by atoms with E-state index in [-0.39, 0.29) is 12.1 Å². The van der Waals surface area contributed by atoms with Gasteiger partial charge in [-0.15, -0.1) is 22.7 Å². The first-order valence-corrected chi connectivity index (χ1v) is 8.21. The van der Waals surface area contributed by atoms with Crippen molar-refractivity contribution in [2.75, 3.05) is 0 Å². The number of hydrogen-bond donors (Lipinski definition) is 2. The minimum atomic E-state index is -0.185. The molecule has 2 amide bonds. The Morgan fingerprint density at radius 2 is 2.10 bits per heavy atom. The fraction of sp³-hybridized carbons (Fsp3) is 0.462. The van der Waals surface area contributed by atoms with Crippen LogP contribution in [0.15, 0.2) is 10.8 Å². The summed E-state index contributed by atoms with van der Waals surface area (Å²) in [6.07, 6.45) is 0.816. The summed E-state index contributed by atoms with van der Waals surface area (Å²) in [7, 11) is 0. The highest BCUT2D eigenvalue weighted by Crippen LogP contribution is 2.20. The summed E-state index contributed by atoms with van der Waals surface area (Å²) in [4.78, 5) is 20.6. The Kier molecular flexibility index (Phi) is 5.08. The SMILES string of the molecule is CCC(NC(=O)NCc1csc(C)n1)c1nc(C)cs1. The number of carbonyl (C=O) groups is 1. The first kappa shape index (κ1) is 14.9. The summed E-state index contributed by atoms with van der Waals surface area (Å²) in [6.45, 7) is 6.39. The van der Waals surface area contributed by atoms with E-state index >= 15 is 0 Å². The van der Waals surface area contributed by atoms with E-state index in [2.05, 4.69) is 20.6 Å². The van der Waals surface area contributed by atoms with Crippen LogP contribution in [0, 0.1) is 13.8 Å². The molecule has 2 rings (SSSR count). The number of urea groups is 1. The lowest BCUT2D eigenvalue weighted by Crippen LogP contribution is -2.37. The van der Waals surface area contributed by atoms with E-state index < -0.39 is 0 Å². The minimum absolute atomic E-state index is 0.0362. The van der Waals surface area contributed by atoms with Gasteiger partial charge in [-0.05, 0) is 20.3 Å². The third-order valence-corrected chi connectivity index (χ3v) is 4.64. The van der Waals surface area contributed by atoms with Gasteiger partial charge in [-0.1, -0.05) is 6.92 Å². The lowest BCUT2D eigenvalue weighted by molar-refractivity contribution is 0.236. The molecular weight excluding hydrogens is 292 g/mol. The average Bonchev–Trinajstić information content (AvgIpc) is 3.02. The molecule has 20 heavy (non-hydrogen) atoms. The fourth-order valence-corrected chi connectivity index (χ4v) is 3.28. The monoisotopic (exact) mass is 310 g/mol. The largest absolute Gasteiger partial charge is 0.332 e. The van der Waals surface area contributed by atoms with Crippen LogP contribution in [-0.2, 0) is 6.54 Å². The molecule has 0 aliphatic heterocycles. The Balaban J connectivity index is 1.86. The highest BCUT2D eigenvalue weighted by atomic mass is 32.1. The van der Waals surface area contributed by atoms with Crippen molar-refractivity contribution in [1.29, 1.82) is 0 Å². The van der Waals surface area contributed by atoms with Gasteiger partial charge in [0, 0.05) is 16.5 Å². The molecule has 0 saturated heterocycles. The van der Waals surface area contributed by atoms with Gasteiger partial charge >= 0.3 is 6.03 Å². The van der Waals surface area contributed by atoms with Crippen molar-refractivity contribution in [1.82, 2.24) is 20.6 Å². The number of amides is 2. The summed E-state index contributed by atoms with van der Waals surface area (Å²) in [5.74, 6) is 0. The quantitative estimate of drug-likeness (QED) is 0.891. The predicted molar refractivity (Wildman–Crippen MR) is 82.1 cm³/mol. The van der Waals surface area contributed by atoms with E-state index in [0.29, 0.717) is 6.54 Å². The van der Waals surface area contributed by atoms with Gasteiger partial charge in [0.15, 0.2) is 0 Å². The van der Waals surface area contributed by atoms with Crippen molar-refractivity contribution in [3.63, 3.8) is 0 Å². The number of nitrogens with one attached hydrogen (secondary N) is 2. The van der Waals surface area contributed by atoms with Crippen LogP contribution in [0.4, 0.5) is 4.79 Å². The standard InChI is InChI=1S/C13H18N4OS2/c1-4-11(12-15-8(2)6-20-12)17-13(18)14-5-10-7-19-9(3)16-10/h6-7,11H,4-5H2,1-3H3,(H2,14,17,18). The average molecular weight is 310 g/mol. The molecular formula is C13H18N4OS2. The molecule has 7 heteroatoms. The van der Waals surface area contributed by atoms with E-state index in [1.54, 1.807) is 22.7 Å². The molecule has 0 aromatic carbocycles. The number of aromatic nitrogens is 2. The molecule has 1 unspecified atom stereocenters. The first-order chi connectivity index (χ1) is 9.58. The van der Waals surface area contributed by atoms with Crippen LogP contribution in [0.5, 0.6) is 0 Å². The molecule has 0 saturated carbocycles. The van der Waals surface area contributed by atoms with Gasteiger partial charge in [-0.2, -0.15) is 0 Å². The molecule has 0 bridgehead atoms. The van der Waals surface area contributed by atoms with Gasteiger partial charge in [0.2, 0.25) is 0 Å². The zero-order chi connectivity index (χ0) is 14.5. The molecule has 5 nitrogen and oxygen atoms in total.